The topological polar surface area (TPSA) is 148 Å². The molecule has 2 fully saturated rings. The van der Waals surface area contributed by atoms with Gasteiger partial charge in [-0.2, -0.15) is 4.72 Å². The highest BCUT2D eigenvalue weighted by Gasteiger charge is 2.36. The number of anilines is 1. The first-order valence-electron chi connectivity index (χ1n) is 10.4. The number of rotatable bonds is 7. The van der Waals surface area contributed by atoms with E-state index in [4.69, 9.17) is 15.2 Å². The maximum Gasteiger partial charge on any atom is 0.253 e. The third-order valence-corrected chi connectivity index (χ3v) is 6.89. The summed E-state index contributed by atoms with van der Waals surface area (Å²) < 4.78 is 39.2. The molecule has 32 heavy (non-hydrogen) atoms. The van der Waals surface area contributed by atoms with Crippen molar-refractivity contribution in [1.82, 2.24) is 9.62 Å². The fourth-order valence-electron chi connectivity index (χ4n) is 3.84. The average Bonchev–Trinajstić information content (AvgIpc) is 2.76. The Morgan fingerprint density at radius 2 is 2.03 bits per heavy atom. The van der Waals surface area contributed by atoms with Crippen molar-refractivity contribution in [2.75, 3.05) is 44.4 Å². The number of benzene rings is 1. The fourth-order valence-corrected chi connectivity index (χ4v) is 5.32. The third kappa shape index (κ3) is 5.09. The number of nitrogens with two attached hydrogens (primary N) is 1. The summed E-state index contributed by atoms with van der Waals surface area (Å²) in [6.45, 7) is 4.79. The number of carbonyl (C=O) groups is 3. The van der Waals surface area contributed by atoms with E-state index in [1.165, 1.54) is 21.9 Å². The number of sulfonamides is 1. The molecule has 11 nitrogen and oxygen atoms in total. The number of hydrogen-bond donors (Lipinski definition) is 2. The maximum absolute atomic E-state index is 13.3. The fraction of sp³-hybridized carbons (Fsp3) is 0.550. The zero-order valence-electron chi connectivity index (χ0n) is 18.1. The molecular weight excluding hydrogens is 440 g/mol. The predicted molar refractivity (Wildman–Crippen MR) is 114 cm³/mol. The molecule has 0 saturated carbocycles. The number of ether oxygens (including phenoxy) is 2. The maximum atomic E-state index is 13.3. The molecule has 3 N–H and O–H groups in total. The van der Waals surface area contributed by atoms with Crippen molar-refractivity contribution in [2.24, 2.45) is 5.73 Å². The molecule has 2 atom stereocenters. The summed E-state index contributed by atoms with van der Waals surface area (Å²) in [7, 11) is -4.32. The van der Waals surface area contributed by atoms with E-state index < -0.39 is 27.9 Å². The van der Waals surface area contributed by atoms with Crippen molar-refractivity contribution < 1.29 is 32.3 Å². The Labute approximate surface area is 186 Å². The molecule has 0 unspecified atom stereocenters. The normalized spacial score (nSPS) is 20.8. The van der Waals surface area contributed by atoms with E-state index in [1.54, 1.807) is 19.9 Å². The molecule has 1 aromatic rings. The van der Waals surface area contributed by atoms with E-state index in [-0.39, 0.29) is 43.2 Å². The molecule has 0 radical (unpaired) electrons. The van der Waals surface area contributed by atoms with Crippen molar-refractivity contribution in [2.45, 2.75) is 37.3 Å². The number of carbonyl (C=O) groups excluding carboxylic acids is 3. The highest BCUT2D eigenvalue weighted by atomic mass is 32.2. The summed E-state index contributed by atoms with van der Waals surface area (Å²) in [6.07, 6.45) is 0.0556. The highest BCUT2D eigenvalue weighted by molar-refractivity contribution is 7.89. The van der Waals surface area contributed by atoms with Gasteiger partial charge in [0.2, 0.25) is 15.9 Å². The van der Waals surface area contributed by atoms with Crippen LogP contribution in [-0.2, 0) is 40.3 Å². The van der Waals surface area contributed by atoms with Crippen molar-refractivity contribution >= 4 is 33.4 Å². The second kappa shape index (κ2) is 9.94. The van der Waals surface area contributed by atoms with Crippen molar-refractivity contribution in [3.8, 4) is 0 Å². The second-order valence-electron chi connectivity index (χ2n) is 7.63. The minimum Gasteiger partial charge on any atom is -0.375 e. The van der Waals surface area contributed by atoms with E-state index in [0.717, 1.165) is 0 Å². The van der Waals surface area contributed by atoms with E-state index in [9.17, 15) is 22.8 Å². The van der Waals surface area contributed by atoms with Crippen LogP contribution in [0, 0.1) is 0 Å². The van der Waals surface area contributed by atoms with Gasteiger partial charge in [-0.05, 0) is 31.0 Å². The van der Waals surface area contributed by atoms with Crippen LogP contribution in [0.25, 0.3) is 0 Å². The van der Waals surface area contributed by atoms with Gasteiger partial charge in [0.1, 0.15) is 6.61 Å². The lowest BCUT2D eigenvalue weighted by atomic mass is 10.1. The molecule has 0 spiro atoms. The molecule has 2 aliphatic rings. The van der Waals surface area contributed by atoms with Crippen molar-refractivity contribution in [3.63, 3.8) is 0 Å². The molecule has 0 bridgehead atoms. The Kier molecular flexibility index (Phi) is 7.49. The van der Waals surface area contributed by atoms with Gasteiger partial charge < -0.3 is 25.0 Å². The molecular formula is C20H28N4O7S. The highest BCUT2D eigenvalue weighted by Crippen LogP contribution is 2.29. The van der Waals surface area contributed by atoms with E-state index in [1.807, 2.05) is 0 Å². The number of morpholine rings is 2. The Hall–Kier alpha value is -2.54. The van der Waals surface area contributed by atoms with Crippen LogP contribution >= 0.6 is 0 Å². The smallest absolute Gasteiger partial charge is 0.253 e. The Balaban J connectivity index is 1.92. The quantitative estimate of drug-likeness (QED) is 0.487. The molecule has 1 aromatic carbocycles. The molecule has 2 saturated heterocycles. The van der Waals surface area contributed by atoms with Gasteiger partial charge >= 0.3 is 0 Å². The monoisotopic (exact) mass is 468 g/mol. The van der Waals surface area contributed by atoms with Gasteiger partial charge in [-0.3, -0.25) is 14.4 Å². The lowest BCUT2D eigenvalue weighted by Crippen LogP contribution is -2.57. The van der Waals surface area contributed by atoms with Crippen LogP contribution in [0.3, 0.4) is 0 Å². The van der Waals surface area contributed by atoms with Gasteiger partial charge in [0.05, 0.1) is 24.2 Å². The first-order chi connectivity index (χ1) is 15.2. The van der Waals surface area contributed by atoms with Crippen LogP contribution < -0.4 is 15.4 Å². The zero-order valence-corrected chi connectivity index (χ0v) is 18.9. The van der Waals surface area contributed by atoms with Crippen LogP contribution in [0.2, 0.25) is 0 Å². The Bertz CT molecular complexity index is 998. The predicted octanol–water partition coefficient (Wildman–Crippen LogP) is -1.01. The van der Waals surface area contributed by atoms with Crippen molar-refractivity contribution in [1.29, 1.82) is 0 Å². The lowest BCUT2D eigenvalue weighted by molar-refractivity contribution is -0.143. The molecule has 0 aromatic heterocycles. The number of nitrogens with zero attached hydrogens (tertiary/aromatic N) is 2. The van der Waals surface area contributed by atoms with E-state index in [2.05, 4.69) is 4.72 Å². The molecule has 0 aliphatic carbocycles. The van der Waals surface area contributed by atoms with Crippen LogP contribution in [0.5, 0.6) is 0 Å². The van der Waals surface area contributed by atoms with Gasteiger partial charge in [-0.25, -0.2) is 8.42 Å². The summed E-state index contributed by atoms with van der Waals surface area (Å²) in [4.78, 5) is 39.9. The van der Waals surface area contributed by atoms with E-state index in [0.29, 0.717) is 30.8 Å². The largest absolute Gasteiger partial charge is 0.375 e. The minimum atomic E-state index is -4.32. The Morgan fingerprint density at radius 3 is 2.66 bits per heavy atom. The first-order valence-corrected chi connectivity index (χ1v) is 11.9. The summed E-state index contributed by atoms with van der Waals surface area (Å²) >= 11 is 0. The standard InChI is InChI=1S/C20H28N4O7S/c1-3-14-15(24-8-9-30-12-17(24)25)5-4-6-16(14)32(28,29)22-18(19(21)26)20(27)23-7-10-31-13(2)11-23/h4-6,13,18,22H,3,7-12H2,1-2H3,(H2,21,26)/t13-,18+/m1/s1. The molecule has 176 valence electrons. The van der Waals surface area contributed by atoms with Gasteiger partial charge in [-0.15, -0.1) is 0 Å². The molecule has 3 amide bonds. The summed E-state index contributed by atoms with van der Waals surface area (Å²) in [5.74, 6) is -2.11. The van der Waals surface area contributed by atoms with Crippen molar-refractivity contribution in [3.05, 3.63) is 23.8 Å². The first kappa shape index (κ1) is 24.1. The summed E-state index contributed by atoms with van der Waals surface area (Å²) in [6, 6.07) is 2.78. The molecule has 3 rings (SSSR count). The van der Waals surface area contributed by atoms with Gasteiger partial charge in [0, 0.05) is 25.3 Å². The molecule has 2 aliphatic heterocycles. The lowest BCUT2D eigenvalue weighted by Gasteiger charge is -2.33. The van der Waals surface area contributed by atoms with Crippen LogP contribution in [-0.4, -0.2) is 82.6 Å². The second-order valence-corrected chi connectivity index (χ2v) is 9.31. The number of primary amides is 1. The zero-order chi connectivity index (χ0) is 23.5. The summed E-state index contributed by atoms with van der Waals surface area (Å²) in [5, 5.41) is 0. The number of amides is 3. The third-order valence-electron chi connectivity index (χ3n) is 5.39. The van der Waals surface area contributed by atoms with Gasteiger partial charge in [0.25, 0.3) is 11.8 Å². The molecule has 12 heteroatoms. The minimum absolute atomic E-state index is 0.0887. The van der Waals surface area contributed by atoms with E-state index >= 15 is 0 Å². The average molecular weight is 469 g/mol. The number of nitrogens with one attached hydrogen (secondary N) is 1. The van der Waals surface area contributed by atoms with Crippen LogP contribution in [0.1, 0.15) is 19.4 Å². The van der Waals surface area contributed by atoms with Gasteiger partial charge in [-0.1, -0.05) is 13.0 Å². The van der Waals surface area contributed by atoms with Crippen LogP contribution in [0.4, 0.5) is 5.69 Å². The number of hydrogen-bond acceptors (Lipinski definition) is 7. The van der Waals surface area contributed by atoms with Crippen LogP contribution in [0.15, 0.2) is 23.1 Å². The molecule has 2 heterocycles. The van der Waals surface area contributed by atoms with Gasteiger partial charge in [0.15, 0.2) is 6.04 Å². The Morgan fingerprint density at radius 1 is 1.28 bits per heavy atom. The SMILES string of the molecule is CCc1c(N2CCOCC2=O)cccc1S(=O)(=O)N[C@@H](C(N)=O)C(=O)N1CCO[C@H](C)C1. The summed E-state index contributed by atoms with van der Waals surface area (Å²) in [5.41, 5.74) is 6.23.